The Kier molecular flexibility index (Phi) is 3.87. The summed E-state index contributed by atoms with van der Waals surface area (Å²) in [5, 5.41) is 10.5. The largest absolute Gasteiger partial charge is 0.293 e. The molecule has 0 heterocycles. The number of carbonyl (C=O) groups is 1. The number of nitro benzene ring substituents is 1. The van der Waals surface area contributed by atoms with Gasteiger partial charge in [0, 0.05) is 22.6 Å². The lowest BCUT2D eigenvalue weighted by molar-refractivity contribution is -0.384. The number of Topliss-reactive ketones (excluding diaryl/α,β-unsaturated/α-hetero) is 1. The zero-order valence-electron chi connectivity index (χ0n) is 7.81. The van der Waals surface area contributed by atoms with Crippen molar-refractivity contribution in [2.45, 2.75) is 16.6 Å². The van der Waals surface area contributed by atoms with Crippen molar-refractivity contribution in [3.8, 4) is 0 Å². The smallest absolute Gasteiger partial charge is 0.270 e. The van der Waals surface area contributed by atoms with Crippen LogP contribution in [0, 0.1) is 10.1 Å². The van der Waals surface area contributed by atoms with E-state index in [-0.39, 0.29) is 21.9 Å². The van der Waals surface area contributed by atoms with Crippen molar-refractivity contribution in [2.75, 3.05) is 0 Å². The predicted molar refractivity (Wildman–Crippen MR) is 63.1 cm³/mol. The van der Waals surface area contributed by atoms with Crippen LogP contribution < -0.4 is 0 Å². The fourth-order valence-electron chi connectivity index (χ4n) is 1.05. The van der Waals surface area contributed by atoms with Crippen LogP contribution in [-0.4, -0.2) is 15.5 Å². The number of nitrogens with zero attached hydrogens (tertiary/aromatic N) is 1. The maximum Gasteiger partial charge on any atom is 0.270 e. The molecule has 4 nitrogen and oxygen atoms in total. The molecule has 0 saturated heterocycles. The summed E-state index contributed by atoms with van der Waals surface area (Å²) in [6.45, 7) is 1.66. The van der Waals surface area contributed by atoms with Crippen LogP contribution in [-0.2, 0) is 0 Å². The van der Waals surface area contributed by atoms with Crippen LogP contribution in [0.15, 0.2) is 23.1 Å². The molecule has 0 amide bonds. The lowest BCUT2D eigenvalue weighted by Crippen LogP contribution is -2.11. The van der Waals surface area contributed by atoms with E-state index < -0.39 is 4.92 Å². The Morgan fingerprint density at radius 2 is 2.20 bits per heavy atom. The van der Waals surface area contributed by atoms with Gasteiger partial charge in [-0.1, -0.05) is 15.9 Å². The molecule has 0 fully saturated rings. The molecule has 0 aliphatic rings. The fraction of sp³-hybridized carbons (Fsp3) is 0.222. The first-order valence-electron chi connectivity index (χ1n) is 4.09. The highest BCUT2D eigenvalue weighted by atomic mass is 79.9. The van der Waals surface area contributed by atoms with E-state index in [9.17, 15) is 14.9 Å². The molecule has 0 aliphatic carbocycles. The SMILES string of the molecule is CC(Br)C(=O)c1cc([N+](=O)[O-])ccc1S. The second-order valence-electron chi connectivity index (χ2n) is 2.94. The van der Waals surface area contributed by atoms with Gasteiger partial charge in [-0.15, -0.1) is 12.6 Å². The number of nitro groups is 1. The number of thiol groups is 1. The minimum atomic E-state index is -0.539. The van der Waals surface area contributed by atoms with Gasteiger partial charge in [0.2, 0.25) is 0 Å². The zero-order valence-corrected chi connectivity index (χ0v) is 10.3. The monoisotopic (exact) mass is 289 g/mol. The van der Waals surface area contributed by atoms with Crippen molar-refractivity contribution < 1.29 is 9.72 Å². The molecule has 1 atom stereocenters. The third-order valence-electron chi connectivity index (χ3n) is 1.82. The van der Waals surface area contributed by atoms with Crippen molar-refractivity contribution in [3.05, 3.63) is 33.9 Å². The highest BCUT2D eigenvalue weighted by Gasteiger charge is 2.18. The molecule has 0 saturated carbocycles. The Balaban J connectivity index is 3.22. The number of hydrogen-bond donors (Lipinski definition) is 1. The number of benzene rings is 1. The maximum absolute atomic E-state index is 11.6. The Bertz CT molecular complexity index is 420. The van der Waals surface area contributed by atoms with Gasteiger partial charge in [0.15, 0.2) is 5.78 Å². The molecule has 0 radical (unpaired) electrons. The number of non-ortho nitro benzene ring substituents is 1. The molecule has 6 heteroatoms. The summed E-state index contributed by atoms with van der Waals surface area (Å²) in [5.41, 5.74) is 0.154. The number of alkyl halides is 1. The summed E-state index contributed by atoms with van der Waals surface area (Å²) in [7, 11) is 0. The quantitative estimate of drug-likeness (QED) is 0.306. The van der Waals surface area contributed by atoms with Gasteiger partial charge in [-0.2, -0.15) is 0 Å². The first-order valence-corrected chi connectivity index (χ1v) is 5.45. The van der Waals surface area contributed by atoms with E-state index in [0.717, 1.165) is 0 Å². The Labute approximate surface area is 100 Å². The zero-order chi connectivity index (χ0) is 11.6. The average molecular weight is 290 g/mol. The maximum atomic E-state index is 11.6. The van der Waals surface area contributed by atoms with E-state index >= 15 is 0 Å². The van der Waals surface area contributed by atoms with Gasteiger partial charge >= 0.3 is 0 Å². The molecule has 0 spiro atoms. The van der Waals surface area contributed by atoms with Gasteiger partial charge in [-0.05, 0) is 13.0 Å². The second kappa shape index (κ2) is 4.76. The summed E-state index contributed by atoms with van der Waals surface area (Å²) in [6, 6.07) is 4.00. The molecule has 1 aromatic carbocycles. The van der Waals surface area contributed by atoms with Crippen LogP contribution in [0.4, 0.5) is 5.69 Å². The summed E-state index contributed by atoms with van der Waals surface area (Å²) >= 11 is 7.20. The summed E-state index contributed by atoms with van der Waals surface area (Å²) in [4.78, 5) is 21.7. The van der Waals surface area contributed by atoms with Gasteiger partial charge in [0.05, 0.1) is 9.75 Å². The average Bonchev–Trinajstić information content (AvgIpc) is 2.16. The fourth-order valence-corrected chi connectivity index (χ4v) is 1.55. The number of rotatable bonds is 3. The molecule has 1 unspecified atom stereocenters. The third kappa shape index (κ3) is 2.79. The van der Waals surface area contributed by atoms with E-state index in [2.05, 4.69) is 28.6 Å². The Hall–Kier alpha value is -0.880. The van der Waals surface area contributed by atoms with Gasteiger partial charge in [0.25, 0.3) is 5.69 Å². The molecule has 80 valence electrons. The first kappa shape index (κ1) is 12.2. The molecule has 0 bridgehead atoms. The molecule has 0 aromatic heterocycles. The van der Waals surface area contributed by atoms with Crippen LogP contribution in [0.5, 0.6) is 0 Å². The standard InChI is InChI=1S/C9H8BrNO3S/c1-5(10)9(12)7-4-6(11(13)14)2-3-8(7)15/h2-5,15H,1H3. The predicted octanol–water partition coefficient (Wildman–Crippen LogP) is 2.85. The van der Waals surface area contributed by atoms with Crippen molar-refractivity contribution in [2.24, 2.45) is 0 Å². The Morgan fingerprint density at radius 3 is 2.67 bits per heavy atom. The van der Waals surface area contributed by atoms with Gasteiger partial charge < -0.3 is 0 Å². The summed E-state index contributed by atoms with van der Waals surface area (Å²) < 4.78 is 0. The molecular formula is C9H8BrNO3S. The van der Waals surface area contributed by atoms with Crippen LogP contribution >= 0.6 is 28.6 Å². The lowest BCUT2D eigenvalue weighted by atomic mass is 10.1. The van der Waals surface area contributed by atoms with E-state index in [1.54, 1.807) is 6.92 Å². The Morgan fingerprint density at radius 1 is 1.60 bits per heavy atom. The van der Waals surface area contributed by atoms with Crippen LogP contribution in [0.2, 0.25) is 0 Å². The summed E-state index contributed by atoms with van der Waals surface area (Å²) in [5.74, 6) is -0.219. The highest BCUT2D eigenvalue weighted by Crippen LogP contribution is 2.23. The minimum Gasteiger partial charge on any atom is -0.293 e. The van der Waals surface area contributed by atoms with Crippen molar-refractivity contribution in [1.82, 2.24) is 0 Å². The number of ketones is 1. The van der Waals surface area contributed by atoms with E-state index in [1.807, 2.05) is 0 Å². The van der Waals surface area contributed by atoms with Gasteiger partial charge in [0.1, 0.15) is 0 Å². The number of halogens is 1. The molecule has 0 aliphatic heterocycles. The number of carbonyl (C=O) groups excluding carboxylic acids is 1. The third-order valence-corrected chi connectivity index (χ3v) is 2.62. The van der Waals surface area contributed by atoms with Crippen molar-refractivity contribution in [1.29, 1.82) is 0 Å². The van der Waals surface area contributed by atoms with Gasteiger partial charge in [-0.3, -0.25) is 14.9 Å². The molecule has 0 N–H and O–H groups in total. The van der Waals surface area contributed by atoms with Crippen molar-refractivity contribution in [3.63, 3.8) is 0 Å². The number of hydrogen-bond acceptors (Lipinski definition) is 4. The normalized spacial score (nSPS) is 12.2. The van der Waals surface area contributed by atoms with E-state index in [0.29, 0.717) is 4.90 Å². The topological polar surface area (TPSA) is 60.2 Å². The van der Waals surface area contributed by atoms with E-state index in [1.165, 1.54) is 18.2 Å². The van der Waals surface area contributed by atoms with Crippen LogP contribution in [0.25, 0.3) is 0 Å². The summed E-state index contributed by atoms with van der Waals surface area (Å²) in [6.07, 6.45) is 0. The highest BCUT2D eigenvalue weighted by molar-refractivity contribution is 9.10. The van der Waals surface area contributed by atoms with Crippen LogP contribution in [0.1, 0.15) is 17.3 Å². The second-order valence-corrected chi connectivity index (χ2v) is 4.79. The first-order chi connectivity index (χ1) is 6.93. The molecular weight excluding hydrogens is 282 g/mol. The van der Waals surface area contributed by atoms with Crippen molar-refractivity contribution >= 4 is 40.0 Å². The minimum absolute atomic E-state index is 0.107. The molecule has 1 aromatic rings. The molecule has 1 rings (SSSR count). The van der Waals surface area contributed by atoms with Gasteiger partial charge in [-0.25, -0.2) is 0 Å². The lowest BCUT2D eigenvalue weighted by Gasteiger charge is -2.05. The van der Waals surface area contributed by atoms with Crippen LogP contribution in [0.3, 0.4) is 0 Å². The molecule has 15 heavy (non-hydrogen) atoms. The van der Waals surface area contributed by atoms with E-state index in [4.69, 9.17) is 0 Å².